The zero-order valence-electron chi connectivity index (χ0n) is 7.16. The SMILES string of the molecule is CC(N)C1CN2CCN1CC2. The Labute approximate surface area is 68.1 Å². The Morgan fingerprint density at radius 3 is 2.18 bits per heavy atom. The first kappa shape index (κ1) is 7.53. The molecule has 3 heterocycles. The summed E-state index contributed by atoms with van der Waals surface area (Å²) in [7, 11) is 0. The lowest BCUT2D eigenvalue weighted by atomic mass is 10.0. The molecule has 3 aliphatic rings. The van der Waals surface area contributed by atoms with E-state index in [9.17, 15) is 0 Å². The minimum atomic E-state index is 0.332. The number of piperazine rings is 3. The van der Waals surface area contributed by atoms with Crippen LogP contribution in [0.25, 0.3) is 0 Å². The molecule has 2 bridgehead atoms. The number of nitrogens with two attached hydrogens (primary N) is 1. The van der Waals surface area contributed by atoms with Gasteiger partial charge in [-0.1, -0.05) is 0 Å². The zero-order valence-corrected chi connectivity index (χ0v) is 7.16. The molecule has 3 aliphatic heterocycles. The summed E-state index contributed by atoms with van der Waals surface area (Å²) in [4.78, 5) is 5.05. The van der Waals surface area contributed by atoms with Crippen LogP contribution in [0.15, 0.2) is 0 Å². The third-order valence-electron chi connectivity index (χ3n) is 2.93. The summed E-state index contributed by atoms with van der Waals surface area (Å²) >= 11 is 0. The average molecular weight is 155 g/mol. The summed E-state index contributed by atoms with van der Waals surface area (Å²) in [5.74, 6) is 0. The van der Waals surface area contributed by atoms with Crippen LogP contribution in [0.3, 0.4) is 0 Å². The molecule has 2 N–H and O–H groups in total. The molecule has 0 aromatic carbocycles. The molecule has 64 valence electrons. The molecule has 3 rings (SSSR count). The summed E-state index contributed by atoms with van der Waals surface area (Å²) in [6, 6.07) is 0.954. The first-order valence-corrected chi connectivity index (χ1v) is 4.49. The van der Waals surface area contributed by atoms with Gasteiger partial charge in [-0.15, -0.1) is 0 Å². The van der Waals surface area contributed by atoms with E-state index in [1.165, 1.54) is 32.7 Å². The summed E-state index contributed by atoms with van der Waals surface area (Å²) in [6.07, 6.45) is 0. The number of fused-ring (bicyclic) bond motifs is 3. The van der Waals surface area contributed by atoms with E-state index < -0.39 is 0 Å². The molecule has 0 saturated carbocycles. The van der Waals surface area contributed by atoms with Gasteiger partial charge in [0, 0.05) is 44.8 Å². The van der Waals surface area contributed by atoms with Crippen LogP contribution in [0.5, 0.6) is 0 Å². The summed E-state index contributed by atoms with van der Waals surface area (Å²) in [5, 5.41) is 0. The van der Waals surface area contributed by atoms with Crippen molar-refractivity contribution in [3.8, 4) is 0 Å². The van der Waals surface area contributed by atoms with Crippen molar-refractivity contribution in [2.24, 2.45) is 5.73 Å². The third-order valence-corrected chi connectivity index (χ3v) is 2.93. The quantitative estimate of drug-likeness (QED) is 0.545. The second-order valence-electron chi connectivity index (χ2n) is 3.76. The molecule has 0 aromatic heterocycles. The summed E-state index contributed by atoms with van der Waals surface area (Å²) in [6.45, 7) is 8.27. The predicted octanol–water partition coefficient (Wildman–Crippen LogP) is -0.667. The maximum Gasteiger partial charge on any atom is 0.0372 e. The van der Waals surface area contributed by atoms with Gasteiger partial charge in [0.25, 0.3) is 0 Å². The fraction of sp³-hybridized carbons (Fsp3) is 1.00. The molecule has 3 fully saturated rings. The lowest BCUT2D eigenvalue weighted by Gasteiger charge is -2.48. The number of hydrogen-bond acceptors (Lipinski definition) is 3. The molecule has 2 unspecified atom stereocenters. The number of rotatable bonds is 1. The Hall–Kier alpha value is -0.120. The normalized spacial score (nSPS) is 45.8. The Morgan fingerprint density at radius 1 is 1.27 bits per heavy atom. The standard InChI is InChI=1S/C8H17N3/c1-7(9)8-6-10-2-4-11(8)5-3-10/h7-8H,2-6,9H2,1H3. The number of hydrogen-bond donors (Lipinski definition) is 1. The van der Waals surface area contributed by atoms with Crippen molar-refractivity contribution in [3.63, 3.8) is 0 Å². The van der Waals surface area contributed by atoms with Crippen LogP contribution in [0.1, 0.15) is 6.92 Å². The highest BCUT2D eigenvalue weighted by atomic mass is 15.3. The van der Waals surface area contributed by atoms with Crippen molar-refractivity contribution in [2.45, 2.75) is 19.0 Å². The first-order valence-electron chi connectivity index (χ1n) is 4.49. The Bertz CT molecular complexity index is 138. The molecule has 3 saturated heterocycles. The molecule has 0 aromatic rings. The lowest BCUT2D eigenvalue weighted by molar-refractivity contribution is 0.00495. The van der Waals surface area contributed by atoms with Gasteiger partial charge < -0.3 is 5.73 Å². The zero-order chi connectivity index (χ0) is 7.84. The van der Waals surface area contributed by atoms with Crippen LogP contribution < -0.4 is 5.73 Å². The van der Waals surface area contributed by atoms with Crippen LogP contribution in [-0.4, -0.2) is 54.6 Å². The maximum absolute atomic E-state index is 5.89. The highest BCUT2D eigenvalue weighted by molar-refractivity contribution is 4.91. The van der Waals surface area contributed by atoms with Crippen molar-refractivity contribution in [3.05, 3.63) is 0 Å². The van der Waals surface area contributed by atoms with E-state index in [2.05, 4.69) is 16.7 Å². The lowest BCUT2D eigenvalue weighted by Crippen LogP contribution is -2.65. The third kappa shape index (κ3) is 1.28. The van der Waals surface area contributed by atoms with Gasteiger partial charge in [0.15, 0.2) is 0 Å². The molecular weight excluding hydrogens is 138 g/mol. The largest absolute Gasteiger partial charge is 0.326 e. The van der Waals surface area contributed by atoms with Crippen LogP contribution in [0, 0.1) is 0 Å². The second-order valence-corrected chi connectivity index (χ2v) is 3.76. The fourth-order valence-corrected chi connectivity index (χ4v) is 2.16. The molecule has 0 aliphatic carbocycles. The van der Waals surface area contributed by atoms with Crippen LogP contribution >= 0.6 is 0 Å². The monoisotopic (exact) mass is 155 g/mol. The van der Waals surface area contributed by atoms with Crippen LogP contribution in [0.4, 0.5) is 0 Å². The number of nitrogens with zero attached hydrogens (tertiary/aromatic N) is 2. The van der Waals surface area contributed by atoms with Gasteiger partial charge in [-0.2, -0.15) is 0 Å². The second kappa shape index (κ2) is 2.73. The molecule has 2 atom stereocenters. The molecular formula is C8H17N3. The summed E-state index contributed by atoms with van der Waals surface area (Å²) in [5.41, 5.74) is 5.89. The molecule has 3 heteroatoms. The van der Waals surface area contributed by atoms with Crippen molar-refractivity contribution in [1.29, 1.82) is 0 Å². The van der Waals surface area contributed by atoms with E-state index in [0.717, 1.165) is 0 Å². The first-order chi connectivity index (χ1) is 5.27. The van der Waals surface area contributed by atoms with E-state index in [-0.39, 0.29) is 0 Å². The average Bonchev–Trinajstić information content (AvgIpc) is 2.06. The van der Waals surface area contributed by atoms with Gasteiger partial charge in [0.2, 0.25) is 0 Å². The van der Waals surface area contributed by atoms with Crippen molar-refractivity contribution in [1.82, 2.24) is 9.80 Å². The highest BCUT2D eigenvalue weighted by Gasteiger charge is 2.33. The molecule has 0 amide bonds. The van der Waals surface area contributed by atoms with Gasteiger partial charge in [-0.3, -0.25) is 9.80 Å². The maximum atomic E-state index is 5.89. The van der Waals surface area contributed by atoms with Gasteiger partial charge in [-0.25, -0.2) is 0 Å². The molecule has 11 heavy (non-hydrogen) atoms. The Morgan fingerprint density at radius 2 is 1.91 bits per heavy atom. The predicted molar refractivity (Wildman–Crippen MR) is 45.5 cm³/mol. The van der Waals surface area contributed by atoms with Crippen LogP contribution in [-0.2, 0) is 0 Å². The van der Waals surface area contributed by atoms with Crippen molar-refractivity contribution in [2.75, 3.05) is 32.7 Å². The fourth-order valence-electron chi connectivity index (χ4n) is 2.16. The van der Waals surface area contributed by atoms with E-state index in [4.69, 9.17) is 5.73 Å². The van der Waals surface area contributed by atoms with Crippen molar-refractivity contribution >= 4 is 0 Å². The van der Waals surface area contributed by atoms with Gasteiger partial charge in [0.05, 0.1) is 0 Å². The van der Waals surface area contributed by atoms with Gasteiger partial charge in [0.1, 0.15) is 0 Å². The van der Waals surface area contributed by atoms with Gasteiger partial charge >= 0.3 is 0 Å². The molecule has 0 spiro atoms. The van der Waals surface area contributed by atoms with Gasteiger partial charge in [-0.05, 0) is 6.92 Å². The highest BCUT2D eigenvalue weighted by Crippen LogP contribution is 2.16. The van der Waals surface area contributed by atoms with Crippen LogP contribution in [0.2, 0.25) is 0 Å². The minimum absolute atomic E-state index is 0.332. The smallest absolute Gasteiger partial charge is 0.0372 e. The van der Waals surface area contributed by atoms with E-state index in [1.807, 2.05) is 0 Å². The Balaban J connectivity index is 2.03. The Kier molecular flexibility index (Phi) is 1.87. The topological polar surface area (TPSA) is 32.5 Å². The summed E-state index contributed by atoms with van der Waals surface area (Å²) < 4.78 is 0. The van der Waals surface area contributed by atoms with Crippen molar-refractivity contribution < 1.29 is 0 Å². The minimum Gasteiger partial charge on any atom is -0.326 e. The van der Waals surface area contributed by atoms with E-state index in [1.54, 1.807) is 0 Å². The van der Waals surface area contributed by atoms with E-state index >= 15 is 0 Å². The molecule has 0 radical (unpaired) electrons. The molecule has 3 nitrogen and oxygen atoms in total. The van der Waals surface area contributed by atoms with E-state index in [0.29, 0.717) is 12.1 Å².